The van der Waals surface area contributed by atoms with E-state index in [1.54, 1.807) is 36.4 Å². The van der Waals surface area contributed by atoms with Gasteiger partial charge in [-0.15, -0.1) is 0 Å². The van der Waals surface area contributed by atoms with Crippen LogP contribution in [0.15, 0.2) is 36.4 Å². The lowest BCUT2D eigenvalue weighted by Gasteiger charge is -2.12. The predicted octanol–water partition coefficient (Wildman–Crippen LogP) is 3.84. The van der Waals surface area contributed by atoms with Crippen LogP contribution in [0.2, 0.25) is 5.02 Å². The highest BCUT2D eigenvalue weighted by atomic mass is 35.5. The van der Waals surface area contributed by atoms with E-state index in [4.69, 9.17) is 25.8 Å². The van der Waals surface area contributed by atoms with Gasteiger partial charge in [0.25, 0.3) is 0 Å². The van der Waals surface area contributed by atoms with Crippen LogP contribution in [0, 0.1) is 0 Å². The monoisotopic (exact) mass is 346 g/mol. The van der Waals surface area contributed by atoms with Crippen LogP contribution < -0.4 is 9.47 Å². The number of hydrogen-bond donors (Lipinski definition) is 0. The molecule has 24 heavy (non-hydrogen) atoms. The van der Waals surface area contributed by atoms with Gasteiger partial charge in [0.15, 0.2) is 17.3 Å². The number of hydrogen-bond acceptors (Lipinski definition) is 5. The summed E-state index contributed by atoms with van der Waals surface area (Å²) < 4.78 is 15.8. The molecule has 3 rings (SSSR count). The van der Waals surface area contributed by atoms with Crippen LogP contribution in [0.3, 0.4) is 0 Å². The van der Waals surface area contributed by atoms with Gasteiger partial charge < -0.3 is 14.2 Å². The molecule has 1 heterocycles. The molecule has 0 fully saturated rings. The molecule has 124 valence electrons. The fourth-order valence-corrected chi connectivity index (χ4v) is 2.96. The summed E-state index contributed by atoms with van der Waals surface area (Å²) in [6.45, 7) is 0. The highest BCUT2D eigenvalue weighted by Crippen LogP contribution is 2.43. The Hall–Kier alpha value is -2.53. The molecule has 0 N–H and O–H groups in total. The number of carbonyl (C=O) groups is 2. The molecule has 0 saturated carbocycles. The van der Waals surface area contributed by atoms with E-state index in [9.17, 15) is 9.59 Å². The van der Waals surface area contributed by atoms with Crippen molar-refractivity contribution in [1.82, 2.24) is 0 Å². The molecular formula is C18H15ClO5. The second-order valence-electron chi connectivity index (χ2n) is 5.30. The molecule has 0 aliphatic carbocycles. The molecular weight excluding hydrogens is 332 g/mol. The van der Waals surface area contributed by atoms with Crippen molar-refractivity contribution in [3.8, 4) is 11.5 Å². The number of carbonyl (C=O) groups excluding carboxylic acids is 2. The maximum absolute atomic E-state index is 12.4. The molecule has 1 aliphatic rings. The number of esters is 1. The molecule has 0 bridgehead atoms. The van der Waals surface area contributed by atoms with E-state index in [-0.39, 0.29) is 12.2 Å². The van der Waals surface area contributed by atoms with Crippen LogP contribution >= 0.6 is 11.6 Å². The average Bonchev–Trinajstić information content (AvgIpc) is 2.90. The summed E-state index contributed by atoms with van der Waals surface area (Å²) in [7, 11) is 2.94. The lowest BCUT2D eigenvalue weighted by Crippen LogP contribution is -2.07. The molecule has 0 unspecified atom stereocenters. The third-order valence-corrected chi connectivity index (χ3v) is 4.13. The first kappa shape index (κ1) is 16.3. The number of fused-ring (bicyclic) bond motifs is 1. The minimum Gasteiger partial charge on any atom is -0.493 e. The number of ether oxygens (including phenoxy) is 3. The summed E-state index contributed by atoms with van der Waals surface area (Å²) in [5.41, 5.74) is 1.40. The first-order chi connectivity index (χ1) is 11.5. The van der Waals surface area contributed by atoms with Crippen molar-refractivity contribution in [1.29, 1.82) is 0 Å². The van der Waals surface area contributed by atoms with Gasteiger partial charge >= 0.3 is 5.97 Å². The fraction of sp³-hybridized carbons (Fsp3) is 0.222. The number of methoxy groups -OCH3 is 2. The van der Waals surface area contributed by atoms with Gasteiger partial charge in [-0.3, -0.25) is 4.79 Å². The van der Waals surface area contributed by atoms with Gasteiger partial charge in [-0.1, -0.05) is 29.8 Å². The number of cyclic esters (lactones) is 1. The van der Waals surface area contributed by atoms with Crippen LogP contribution in [0.1, 0.15) is 38.8 Å². The third kappa shape index (κ3) is 2.83. The normalized spacial score (nSPS) is 15.6. The minimum atomic E-state index is -0.654. The van der Waals surface area contributed by atoms with Gasteiger partial charge in [0.1, 0.15) is 11.7 Å². The van der Waals surface area contributed by atoms with E-state index in [2.05, 4.69) is 0 Å². The minimum absolute atomic E-state index is 0.0363. The van der Waals surface area contributed by atoms with Crippen molar-refractivity contribution in [3.05, 3.63) is 58.1 Å². The van der Waals surface area contributed by atoms with Gasteiger partial charge in [-0.25, -0.2) is 4.79 Å². The zero-order valence-corrected chi connectivity index (χ0v) is 13.9. The Kier molecular flexibility index (Phi) is 4.44. The van der Waals surface area contributed by atoms with Crippen LogP contribution in [0.5, 0.6) is 11.5 Å². The summed E-state index contributed by atoms with van der Waals surface area (Å²) >= 11 is 5.91. The lowest BCUT2D eigenvalue weighted by molar-refractivity contribution is 0.0365. The smallest absolute Gasteiger partial charge is 0.343 e. The Labute approximate surface area is 144 Å². The quantitative estimate of drug-likeness (QED) is 0.608. The Bertz CT molecular complexity index is 815. The van der Waals surface area contributed by atoms with E-state index >= 15 is 0 Å². The van der Waals surface area contributed by atoms with Gasteiger partial charge in [0.2, 0.25) is 0 Å². The SMILES string of the molecule is COc1ccc2c(c1OC)C(=O)O[C@H]2CC(=O)c1cccc(Cl)c1. The fourth-order valence-electron chi connectivity index (χ4n) is 2.77. The molecule has 0 spiro atoms. The summed E-state index contributed by atoms with van der Waals surface area (Å²) in [6, 6.07) is 10.1. The first-order valence-corrected chi connectivity index (χ1v) is 7.67. The average molecular weight is 347 g/mol. The number of ketones is 1. The molecule has 2 aromatic rings. The Morgan fingerprint density at radius 3 is 2.67 bits per heavy atom. The van der Waals surface area contributed by atoms with Crippen molar-refractivity contribution in [3.63, 3.8) is 0 Å². The molecule has 5 nitrogen and oxygen atoms in total. The number of benzene rings is 2. The summed E-state index contributed by atoms with van der Waals surface area (Å²) in [5, 5.41) is 0.482. The number of rotatable bonds is 5. The molecule has 1 aliphatic heterocycles. The van der Waals surface area contributed by atoms with E-state index in [1.807, 2.05) is 0 Å². The van der Waals surface area contributed by atoms with E-state index < -0.39 is 12.1 Å². The van der Waals surface area contributed by atoms with E-state index in [0.29, 0.717) is 33.2 Å². The highest BCUT2D eigenvalue weighted by molar-refractivity contribution is 6.31. The molecule has 0 saturated heterocycles. The largest absolute Gasteiger partial charge is 0.493 e. The van der Waals surface area contributed by atoms with Crippen LogP contribution in [0.25, 0.3) is 0 Å². The van der Waals surface area contributed by atoms with Crippen molar-refractivity contribution >= 4 is 23.4 Å². The van der Waals surface area contributed by atoms with Gasteiger partial charge in [0, 0.05) is 16.1 Å². The molecule has 2 aromatic carbocycles. The van der Waals surface area contributed by atoms with E-state index in [1.165, 1.54) is 14.2 Å². The predicted molar refractivity (Wildman–Crippen MR) is 88.1 cm³/mol. The molecule has 0 aromatic heterocycles. The van der Waals surface area contributed by atoms with E-state index in [0.717, 1.165) is 0 Å². The molecule has 0 amide bonds. The maximum Gasteiger partial charge on any atom is 0.343 e. The highest BCUT2D eigenvalue weighted by Gasteiger charge is 2.36. The van der Waals surface area contributed by atoms with Gasteiger partial charge in [-0.2, -0.15) is 0 Å². The van der Waals surface area contributed by atoms with Gasteiger partial charge in [-0.05, 0) is 18.2 Å². The maximum atomic E-state index is 12.4. The number of Topliss-reactive ketones (excluding diaryl/α,β-unsaturated/α-hetero) is 1. The zero-order valence-electron chi connectivity index (χ0n) is 13.2. The summed E-state index contributed by atoms with van der Waals surface area (Å²) in [5.74, 6) is 0.0790. The Balaban J connectivity index is 1.91. The van der Waals surface area contributed by atoms with Crippen LogP contribution in [-0.4, -0.2) is 26.0 Å². The second-order valence-corrected chi connectivity index (χ2v) is 5.73. The third-order valence-electron chi connectivity index (χ3n) is 3.90. The van der Waals surface area contributed by atoms with Crippen molar-refractivity contribution in [2.24, 2.45) is 0 Å². The van der Waals surface area contributed by atoms with Crippen molar-refractivity contribution in [2.75, 3.05) is 14.2 Å². The lowest BCUT2D eigenvalue weighted by atomic mass is 9.97. The Morgan fingerprint density at radius 2 is 2.00 bits per heavy atom. The first-order valence-electron chi connectivity index (χ1n) is 7.29. The molecule has 0 radical (unpaired) electrons. The molecule has 6 heteroatoms. The van der Waals surface area contributed by atoms with Crippen molar-refractivity contribution in [2.45, 2.75) is 12.5 Å². The van der Waals surface area contributed by atoms with Gasteiger partial charge in [0.05, 0.1) is 20.6 Å². The van der Waals surface area contributed by atoms with Crippen molar-refractivity contribution < 1.29 is 23.8 Å². The Morgan fingerprint density at radius 1 is 1.21 bits per heavy atom. The van der Waals surface area contributed by atoms with Crippen LogP contribution in [0.4, 0.5) is 0 Å². The number of halogens is 1. The summed E-state index contributed by atoms with van der Waals surface area (Å²) in [4.78, 5) is 24.6. The van der Waals surface area contributed by atoms with Crippen LogP contribution in [-0.2, 0) is 4.74 Å². The standard InChI is InChI=1S/C18H15ClO5/c1-22-14-7-6-12-15(24-18(21)16(12)17(14)23-2)9-13(20)10-4-3-5-11(19)8-10/h3-8,15H,9H2,1-2H3/t15-/m0/s1. The second kappa shape index (κ2) is 6.53. The summed E-state index contributed by atoms with van der Waals surface area (Å²) in [6.07, 6.45) is -0.618. The molecule has 1 atom stereocenters. The zero-order chi connectivity index (χ0) is 17.3. The topological polar surface area (TPSA) is 61.8 Å².